The lowest BCUT2D eigenvalue weighted by molar-refractivity contribution is -0.0673. The van der Waals surface area contributed by atoms with Crippen LogP contribution in [0.1, 0.15) is 196 Å². The fraction of sp³-hybridized carbons (Fsp3) is 0.887. The van der Waals surface area contributed by atoms with E-state index in [0.717, 1.165) is 87.6 Å². The maximum absolute atomic E-state index is 6.58. The molecular weight excluding hydrogens is 699 g/mol. The van der Waals surface area contributed by atoms with Crippen molar-refractivity contribution in [3.05, 3.63) is 36.0 Å². The van der Waals surface area contributed by atoms with Gasteiger partial charge in [-0.05, 0) is 157 Å². The van der Waals surface area contributed by atoms with E-state index < -0.39 is 0 Å². The number of fused-ring (bicyclic) bond motifs is 5. The van der Waals surface area contributed by atoms with Gasteiger partial charge in [0.05, 0.1) is 18.8 Å². The van der Waals surface area contributed by atoms with Gasteiger partial charge in [-0.25, -0.2) is 0 Å². The molecule has 4 rings (SSSR count). The molecule has 0 spiro atoms. The van der Waals surface area contributed by atoms with Crippen LogP contribution in [-0.4, -0.2) is 64.2 Å². The first-order valence-corrected chi connectivity index (χ1v) is 25.0. The Bertz CT molecular complexity index is 1160. The Kier molecular flexibility index (Phi) is 22.6. The monoisotopic (exact) mass is 794 g/mol. The van der Waals surface area contributed by atoms with Crippen molar-refractivity contribution in [2.45, 2.75) is 208 Å². The van der Waals surface area contributed by atoms with E-state index in [1.54, 1.807) is 5.57 Å². The lowest BCUT2D eigenvalue weighted by Gasteiger charge is -2.58. The van der Waals surface area contributed by atoms with Gasteiger partial charge in [0.25, 0.3) is 0 Å². The molecule has 0 radical (unpaired) electrons. The third kappa shape index (κ3) is 15.8. The van der Waals surface area contributed by atoms with Gasteiger partial charge >= 0.3 is 0 Å². The number of hydrogen-bond acceptors (Lipinski definition) is 4. The highest BCUT2D eigenvalue weighted by molar-refractivity contribution is 5.25. The Morgan fingerprint density at radius 3 is 2.23 bits per heavy atom. The van der Waals surface area contributed by atoms with Crippen LogP contribution in [0, 0.1) is 46.3 Å². The highest BCUT2D eigenvalue weighted by atomic mass is 16.5. The molecule has 0 aromatic rings. The van der Waals surface area contributed by atoms with Crippen LogP contribution in [0.15, 0.2) is 36.0 Å². The Hall–Kier alpha value is -0.940. The van der Waals surface area contributed by atoms with Gasteiger partial charge in [-0.2, -0.15) is 0 Å². The van der Waals surface area contributed by atoms with Crippen LogP contribution in [0.5, 0.6) is 0 Å². The predicted octanol–water partition coefficient (Wildman–Crippen LogP) is 14.6. The molecule has 0 aromatic heterocycles. The van der Waals surface area contributed by atoms with Crippen molar-refractivity contribution in [2.24, 2.45) is 46.3 Å². The fourth-order valence-electron chi connectivity index (χ4n) is 12.3. The average molecular weight is 794 g/mol. The Balaban J connectivity index is 1.05. The minimum Gasteiger partial charge on any atom is -0.379 e. The van der Waals surface area contributed by atoms with Crippen LogP contribution in [0.4, 0.5) is 0 Å². The molecule has 4 nitrogen and oxygen atoms in total. The van der Waals surface area contributed by atoms with Crippen molar-refractivity contribution in [1.82, 2.24) is 4.90 Å². The van der Waals surface area contributed by atoms with E-state index in [4.69, 9.17) is 14.2 Å². The minimum atomic E-state index is 0.126. The number of nitrogens with zero attached hydrogens (tertiary/aromatic N) is 1. The van der Waals surface area contributed by atoms with E-state index in [-0.39, 0.29) is 6.10 Å². The van der Waals surface area contributed by atoms with Gasteiger partial charge in [0.1, 0.15) is 0 Å². The fourth-order valence-corrected chi connectivity index (χ4v) is 12.3. The Morgan fingerprint density at radius 2 is 1.49 bits per heavy atom. The van der Waals surface area contributed by atoms with Crippen molar-refractivity contribution >= 4 is 0 Å². The van der Waals surface area contributed by atoms with Gasteiger partial charge in [-0.1, -0.05) is 135 Å². The highest BCUT2D eigenvalue weighted by Gasteiger charge is 2.59. The number of likely N-dealkylation sites (N-methyl/N-ethyl adjacent to an activating group) is 1. The smallest absolute Gasteiger partial charge is 0.0934 e. The Labute approximate surface area is 355 Å². The van der Waals surface area contributed by atoms with E-state index in [1.807, 2.05) is 0 Å². The van der Waals surface area contributed by atoms with Crippen LogP contribution in [-0.2, 0) is 14.2 Å². The quantitative estimate of drug-likeness (QED) is 0.0535. The zero-order chi connectivity index (χ0) is 40.9. The van der Waals surface area contributed by atoms with Crippen molar-refractivity contribution in [3.63, 3.8) is 0 Å². The summed E-state index contributed by atoms with van der Waals surface area (Å²) >= 11 is 0. The minimum absolute atomic E-state index is 0.126. The van der Waals surface area contributed by atoms with Gasteiger partial charge < -0.3 is 19.1 Å². The second kappa shape index (κ2) is 26.4. The maximum Gasteiger partial charge on any atom is 0.0934 e. The maximum atomic E-state index is 6.58. The number of hydrogen-bond donors (Lipinski definition) is 0. The van der Waals surface area contributed by atoms with Crippen molar-refractivity contribution in [3.8, 4) is 0 Å². The van der Waals surface area contributed by atoms with Crippen LogP contribution in [0.3, 0.4) is 0 Å². The molecule has 3 saturated carbocycles. The molecular formula is C53H95NO3. The van der Waals surface area contributed by atoms with Crippen LogP contribution in [0.25, 0.3) is 0 Å². The molecule has 57 heavy (non-hydrogen) atoms. The molecule has 4 heteroatoms. The number of rotatable bonds is 30. The highest BCUT2D eigenvalue weighted by Crippen LogP contribution is 2.67. The number of ether oxygens (including phenoxy) is 3. The molecule has 6 unspecified atom stereocenters. The molecule has 9 atom stereocenters. The van der Waals surface area contributed by atoms with Crippen molar-refractivity contribution < 1.29 is 14.2 Å². The summed E-state index contributed by atoms with van der Waals surface area (Å²) in [5.41, 5.74) is 2.72. The molecule has 330 valence electrons. The normalized spacial score (nSPS) is 29.9. The Morgan fingerprint density at radius 1 is 0.754 bits per heavy atom. The molecule has 0 heterocycles. The molecule has 0 saturated heterocycles. The molecule has 0 bridgehead atoms. The van der Waals surface area contributed by atoms with Gasteiger partial charge in [0, 0.05) is 26.4 Å². The number of allylic oxidation sites excluding steroid dienone is 5. The molecule has 0 amide bonds. The van der Waals surface area contributed by atoms with E-state index in [0.29, 0.717) is 23.5 Å². The van der Waals surface area contributed by atoms with Crippen LogP contribution < -0.4 is 0 Å². The zero-order valence-corrected chi connectivity index (χ0v) is 39.2. The molecule has 4 aliphatic rings. The second-order valence-electron chi connectivity index (χ2n) is 20.8. The molecule has 0 N–H and O–H groups in total. The topological polar surface area (TPSA) is 30.9 Å². The van der Waals surface area contributed by atoms with Gasteiger partial charge in [0.2, 0.25) is 0 Å². The largest absolute Gasteiger partial charge is 0.379 e. The third-order valence-corrected chi connectivity index (χ3v) is 15.6. The number of unbranched alkanes of at least 4 members (excludes halogenated alkanes) is 9. The first kappa shape index (κ1) is 48.7. The van der Waals surface area contributed by atoms with E-state index in [1.165, 1.54) is 128 Å². The van der Waals surface area contributed by atoms with Gasteiger partial charge in [0.15, 0.2) is 0 Å². The summed E-state index contributed by atoms with van der Waals surface area (Å²) in [5, 5.41) is 0. The summed E-state index contributed by atoms with van der Waals surface area (Å²) < 4.78 is 19.1. The summed E-state index contributed by atoms with van der Waals surface area (Å²) in [7, 11) is 4.27. The van der Waals surface area contributed by atoms with E-state index >= 15 is 0 Å². The van der Waals surface area contributed by atoms with Gasteiger partial charge in [-0.15, -0.1) is 0 Å². The van der Waals surface area contributed by atoms with Crippen molar-refractivity contribution in [1.29, 1.82) is 0 Å². The first-order chi connectivity index (χ1) is 27.6. The lowest BCUT2D eigenvalue weighted by atomic mass is 9.47. The third-order valence-electron chi connectivity index (χ3n) is 15.6. The van der Waals surface area contributed by atoms with Crippen LogP contribution in [0.2, 0.25) is 0 Å². The summed E-state index contributed by atoms with van der Waals surface area (Å²) in [6.45, 7) is 19.0. The lowest BCUT2D eigenvalue weighted by Crippen LogP contribution is -2.51. The van der Waals surface area contributed by atoms with E-state index in [9.17, 15) is 0 Å². The summed E-state index contributed by atoms with van der Waals surface area (Å²) in [6.07, 6.45) is 44.1. The summed E-state index contributed by atoms with van der Waals surface area (Å²) in [5.74, 6) is 5.41. The first-order valence-electron chi connectivity index (χ1n) is 25.0. The molecule has 3 fully saturated rings. The average Bonchev–Trinajstić information content (AvgIpc) is 3.54. The molecule has 4 aliphatic carbocycles. The second-order valence-corrected chi connectivity index (χ2v) is 20.8. The zero-order valence-electron chi connectivity index (χ0n) is 39.2. The molecule has 0 aromatic carbocycles. The van der Waals surface area contributed by atoms with Crippen molar-refractivity contribution in [2.75, 3.05) is 47.1 Å². The predicted molar refractivity (Wildman–Crippen MR) is 246 cm³/mol. The molecule has 0 aliphatic heterocycles. The summed E-state index contributed by atoms with van der Waals surface area (Å²) in [6, 6.07) is 0. The SMILES string of the molecule is CCCCCC=CCC=CCCCCCCCCOCC(CN(C)C)OCCCO[C@H]1CC[C@@]2(C)C(=CCC3C4CCC(C(C)CCCC(C)C)[C@@]4(C)CCC32)C1. The standard InChI is InChI=1S/C53H95NO3/c1-9-10-11-12-13-14-15-16-17-18-19-20-21-22-23-24-37-55-42-47(41-54(7)8)57-39-26-38-56-46-33-35-52(5)45(40-46)29-30-48-50-32-31-49(44(4)28-25-27-43(2)3)53(50,6)36-34-51(48)52/h13-14,16-17,29,43-44,46-51H,9-12,15,18-28,30-42H2,1-8H3/t44?,46-,47?,48?,49?,50?,51?,52-,53+/m0/s1. The van der Waals surface area contributed by atoms with Crippen LogP contribution >= 0.6 is 0 Å². The van der Waals surface area contributed by atoms with Gasteiger partial charge in [-0.3, -0.25) is 0 Å². The summed E-state index contributed by atoms with van der Waals surface area (Å²) in [4.78, 5) is 2.22. The van der Waals surface area contributed by atoms with E-state index in [2.05, 4.69) is 90.9 Å².